The first-order valence-electron chi connectivity index (χ1n) is 4.16. The minimum atomic E-state index is 0.235. The third-order valence-corrected chi connectivity index (χ3v) is 2.15. The molecule has 0 bridgehead atoms. The van der Waals surface area contributed by atoms with Gasteiger partial charge in [0.2, 0.25) is 5.91 Å². The molecule has 1 amide bonds. The summed E-state index contributed by atoms with van der Waals surface area (Å²) < 4.78 is 0. The summed E-state index contributed by atoms with van der Waals surface area (Å²) in [7, 11) is 0. The molecular weight excluding hydrogens is 142 g/mol. The molecule has 11 heavy (non-hydrogen) atoms. The van der Waals surface area contributed by atoms with Gasteiger partial charge in [-0.25, -0.2) is 0 Å². The lowest BCUT2D eigenvalue weighted by Gasteiger charge is -2.39. The number of amides is 1. The van der Waals surface area contributed by atoms with E-state index in [1.165, 1.54) is 0 Å². The van der Waals surface area contributed by atoms with E-state index in [0.717, 1.165) is 19.5 Å². The van der Waals surface area contributed by atoms with Crippen LogP contribution < -0.4 is 0 Å². The quantitative estimate of drug-likeness (QED) is 0.637. The van der Waals surface area contributed by atoms with Crippen LogP contribution in [0.3, 0.4) is 0 Å². The van der Waals surface area contributed by atoms with Gasteiger partial charge >= 0.3 is 0 Å². The normalized spacial score (nSPS) is 18.2. The second kappa shape index (κ2) is 3.72. The number of rotatable bonds is 3. The van der Waals surface area contributed by atoms with E-state index >= 15 is 0 Å². The van der Waals surface area contributed by atoms with E-state index in [-0.39, 0.29) is 12.5 Å². The fraction of sp³-hybridized carbons (Fsp3) is 0.875. The molecule has 1 rings (SSSR count). The van der Waals surface area contributed by atoms with E-state index in [4.69, 9.17) is 5.11 Å². The molecule has 0 aromatic heterocycles. The monoisotopic (exact) mass is 157 g/mol. The predicted molar refractivity (Wildman–Crippen MR) is 42.1 cm³/mol. The molecule has 0 aromatic rings. The summed E-state index contributed by atoms with van der Waals surface area (Å²) in [6.45, 7) is 3.83. The second-order valence-electron chi connectivity index (χ2n) is 3.03. The molecule has 1 heterocycles. The van der Waals surface area contributed by atoms with Crippen molar-refractivity contribution in [2.75, 3.05) is 19.7 Å². The maximum absolute atomic E-state index is 11.0. The van der Waals surface area contributed by atoms with Crippen molar-refractivity contribution in [2.24, 2.45) is 5.92 Å². The number of aliphatic hydroxyl groups excluding tert-OH is 1. The van der Waals surface area contributed by atoms with Crippen molar-refractivity contribution in [3.8, 4) is 0 Å². The first-order chi connectivity index (χ1) is 5.27. The zero-order valence-electron chi connectivity index (χ0n) is 6.92. The fourth-order valence-electron chi connectivity index (χ4n) is 1.36. The van der Waals surface area contributed by atoms with Crippen molar-refractivity contribution in [1.82, 2.24) is 4.90 Å². The van der Waals surface area contributed by atoms with E-state index in [1.54, 1.807) is 0 Å². The molecule has 0 aliphatic carbocycles. The smallest absolute Gasteiger partial charge is 0.222 e. The molecule has 1 fully saturated rings. The molecule has 0 radical (unpaired) electrons. The van der Waals surface area contributed by atoms with Crippen LogP contribution in [0.15, 0.2) is 0 Å². The lowest BCUT2D eigenvalue weighted by Crippen LogP contribution is -2.49. The van der Waals surface area contributed by atoms with Gasteiger partial charge in [0.1, 0.15) is 0 Å². The van der Waals surface area contributed by atoms with Gasteiger partial charge in [-0.15, -0.1) is 0 Å². The van der Waals surface area contributed by atoms with Crippen LogP contribution in [0.25, 0.3) is 0 Å². The highest BCUT2D eigenvalue weighted by atomic mass is 16.3. The van der Waals surface area contributed by atoms with Gasteiger partial charge in [-0.2, -0.15) is 0 Å². The van der Waals surface area contributed by atoms with Crippen molar-refractivity contribution in [1.29, 1.82) is 0 Å². The SMILES string of the molecule is CCC(=O)N1CC(CCO)C1. The van der Waals surface area contributed by atoms with Crippen LogP contribution in [0.5, 0.6) is 0 Å². The van der Waals surface area contributed by atoms with E-state index in [9.17, 15) is 4.79 Å². The molecule has 0 unspecified atom stereocenters. The Hall–Kier alpha value is -0.570. The molecule has 1 aliphatic rings. The third-order valence-electron chi connectivity index (χ3n) is 2.15. The van der Waals surface area contributed by atoms with E-state index in [2.05, 4.69) is 0 Å². The van der Waals surface area contributed by atoms with Crippen LogP contribution >= 0.6 is 0 Å². The molecule has 1 saturated heterocycles. The van der Waals surface area contributed by atoms with Gasteiger partial charge in [0.15, 0.2) is 0 Å². The van der Waals surface area contributed by atoms with Crippen LogP contribution in [-0.2, 0) is 4.79 Å². The molecule has 0 saturated carbocycles. The summed E-state index contributed by atoms with van der Waals surface area (Å²) >= 11 is 0. The van der Waals surface area contributed by atoms with Gasteiger partial charge in [0.25, 0.3) is 0 Å². The summed E-state index contributed by atoms with van der Waals surface area (Å²) in [6, 6.07) is 0. The van der Waals surface area contributed by atoms with Gasteiger partial charge < -0.3 is 10.0 Å². The van der Waals surface area contributed by atoms with Gasteiger partial charge in [0, 0.05) is 26.1 Å². The minimum absolute atomic E-state index is 0.235. The Morgan fingerprint density at radius 3 is 2.73 bits per heavy atom. The molecular formula is C8H15NO2. The van der Waals surface area contributed by atoms with Crippen molar-refractivity contribution < 1.29 is 9.90 Å². The summed E-state index contributed by atoms with van der Waals surface area (Å²) in [5, 5.41) is 8.58. The van der Waals surface area contributed by atoms with Crippen LogP contribution in [0.4, 0.5) is 0 Å². The number of hydrogen-bond acceptors (Lipinski definition) is 2. The lowest BCUT2D eigenvalue weighted by atomic mass is 9.96. The van der Waals surface area contributed by atoms with E-state index < -0.39 is 0 Å². The summed E-state index contributed by atoms with van der Waals surface area (Å²) in [6.07, 6.45) is 1.44. The minimum Gasteiger partial charge on any atom is -0.396 e. The maximum Gasteiger partial charge on any atom is 0.222 e. The van der Waals surface area contributed by atoms with Crippen molar-refractivity contribution in [2.45, 2.75) is 19.8 Å². The predicted octanol–water partition coefficient (Wildman–Crippen LogP) is 0.237. The molecule has 0 spiro atoms. The Balaban J connectivity index is 2.13. The third kappa shape index (κ3) is 1.93. The maximum atomic E-state index is 11.0. The standard InChI is InChI=1S/C8H15NO2/c1-2-8(11)9-5-7(6-9)3-4-10/h7,10H,2-6H2,1H3. The Morgan fingerprint density at radius 1 is 1.64 bits per heavy atom. The number of aliphatic hydroxyl groups is 1. The topological polar surface area (TPSA) is 40.5 Å². The molecule has 64 valence electrons. The Bertz CT molecular complexity index is 141. The molecule has 0 aromatic carbocycles. The van der Waals surface area contributed by atoms with Crippen LogP contribution in [0.2, 0.25) is 0 Å². The van der Waals surface area contributed by atoms with Gasteiger partial charge in [0.05, 0.1) is 0 Å². The average molecular weight is 157 g/mol. The first-order valence-corrected chi connectivity index (χ1v) is 4.16. The van der Waals surface area contributed by atoms with Crippen molar-refractivity contribution in [3.63, 3.8) is 0 Å². The number of carbonyl (C=O) groups is 1. The lowest BCUT2D eigenvalue weighted by molar-refractivity contribution is -0.137. The number of hydrogen-bond donors (Lipinski definition) is 1. The highest BCUT2D eigenvalue weighted by Crippen LogP contribution is 2.18. The molecule has 1 N–H and O–H groups in total. The van der Waals surface area contributed by atoms with E-state index in [1.807, 2.05) is 11.8 Å². The Labute approximate surface area is 67.0 Å². The molecule has 1 aliphatic heterocycles. The number of nitrogens with zero attached hydrogens (tertiary/aromatic N) is 1. The fourth-order valence-corrected chi connectivity index (χ4v) is 1.36. The van der Waals surface area contributed by atoms with Crippen LogP contribution in [0, 0.1) is 5.92 Å². The average Bonchev–Trinajstić information content (AvgIpc) is 1.94. The number of carbonyl (C=O) groups excluding carboxylic acids is 1. The molecule has 3 nitrogen and oxygen atoms in total. The van der Waals surface area contributed by atoms with Crippen LogP contribution in [0.1, 0.15) is 19.8 Å². The highest BCUT2D eigenvalue weighted by molar-refractivity contribution is 5.76. The summed E-state index contributed by atoms with van der Waals surface area (Å²) in [5.41, 5.74) is 0. The number of likely N-dealkylation sites (tertiary alicyclic amines) is 1. The highest BCUT2D eigenvalue weighted by Gasteiger charge is 2.28. The largest absolute Gasteiger partial charge is 0.396 e. The van der Waals surface area contributed by atoms with Crippen molar-refractivity contribution >= 4 is 5.91 Å². The zero-order chi connectivity index (χ0) is 8.27. The molecule has 0 atom stereocenters. The van der Waals surface area contributed by atoms with Gasteiger partial charge in [-0.1, -0.05) is 6.92 Å². The Morgan fingerprint density at radius 2 is 2.27 bits per heavy atom. The molecule has 3 heteroatoms. The second-order valence-corrected chi connectivity index (χ2v) is 3.03. The summed E-state index contributed by atoms with van der Waals surface area (Å²) in [5.74, 6) is 0.787. The first kappa shape index (κ1) is 8.53. The van der Waals surface area contributed by atoms with Crippen molar-refractivity contribution in [3.05, 3.63) is 0 Å². The Kier molecular flexibility index (Phi) is 2.88. The van der Waals surface area contributed by atoms with Crippen LogP contribution in [-0.4, -0.2) is 35.6 Å². The zero-order valence-corrected chi connectivity index (χ0v) is 6.92. The van der Waals surface area contributed by atoms with E-state index in [0.29, 0.717) is 12.3 Å². The summed E-state index contributed by atoms with van der Waals surface area (Å²) in [4.78, 5) is 12.9. The van der Waals surface area contributed by atoms with Gasteiger partial charge in [-0.05, 0) is 12.3 Å². The van der Waals surface area contributed by atoms with Gasteiger partial charge in [-0.3, -0.25) is 4.79 Å².